The fourth-order valence-corrected chi connectivity index (χ4v) is 5.92. The fraction of sp³-hybridized carbons (Fsp3) is 0.522. The average molecular weight is 759 g/mol. The Morgan fingerprint density at radius 1 is 0.436 bits per heavy atom. The van der Waals surface area contributed by atoms with Gasteiger partial charge in [0.15, 0.2) is 6.10 Å². The van der Waals surface area contributed by atoms with E-state index in [1.165, 1.54) is 133 Å². The van der Waals surface area contributed by atoms with Crippen LogP contribution in [0.1, 0.15) is 167 Å². The van der Waals surface area contributed by atoms with E-state index in [1.54, 1.807) is 24.3 Å². The van der Waals surface area contributed by atoms with Crippen LogP contribution >= 0.6 is 0 Å². The van der Waals surface area contributed by atoms with Gasteiger partial charge in [0.2, 0.25) is 0 Å². The van der Waals surface area contributed by atoms with E-state index in [0.29, 0.717) is 24.5 Å². The second-order valence-electron chi connectivity index (χ2n) is 14.1. The van der Waals surface area contributed by atoms with Crippen LogP contribution in [0.25, 0.3) is 0 Å². The van der Waals surface area contributed by atoms with Crippen LogP contribution in [0.3, 0.4) is 0 Å². The summed E-state index contributed by atoms with van der Waals surface area (Å²) in [6.07, 6.45) is 21.2. The van der Waals surface area contributed by atoms with E-state index < -0.39 is 30.0 Å². The Morgan fingerprint density at radius 3 is 1.22 bits per heavy atom. The predicted molar refractivity (Wildman–Crippen MR) is 215 cm³/mol. The highest BCUT2D eigenvalue weighted by molar-refractivity contribution is 5.93. The number of carbonyl (C=O) groups is 4. The minimum Gasteiger partial charge on any atom is -0.494 e. The molecule has 0 aliphatic heterocycles. The van der Waals surface area contributed by atoms with Crippen LogP contribution in [-0.4, -0.2) is 43.2 Å². The Balaban J connectivity index is 1.30. The van der Waals surface area contributed by atoms with Gasteiger partial charge in [-0.3, -0.25) is 0 Å². The highest BCUT2D eigenvalue weighted by Crippen LogP contribution is 2.20. The molecule has 0 saturated heterocycles. The van der Waals surface area contributed by atoms with Crippen molar-refractivity contribution in [2.75, 3.05) is 13.2 Å². The lowest BCUT2D eigenvalue weighted by atomic mass is 10.0. The summed E-state index contributed by atoms with van der Waals surface area (Å²) in [5.41, 5.74) is 0.813. The Morgan fingerprint density at radius 2 is 0.782 bits per heavy atom. The third-order valence-electron chi connectivity index (χ3n) is 9.32. The molecule has 0 heterocycles. The zero-order valence-electron chi connectivity index (χ0n) is 33.3. The third kappa shape index (κ3) is 18.5. The summed E-state index contributed by atoms with van der Waals surface area (Å²) < 4.78 is 27.2. The summed E-state index contributed by atoms with van der Waals surface area (Å²) in [4.78, 5) is 50.1. The van der Waals surface area contributed by atoms with Gasteiger partial charge in [-0.1, -0.05) is 117 Å². The summed E-state index contributed by atoms with van der Waals surface area (Å²) in [7, 11) is 0. The van der Waals surface area contributed by atoms with Crippen LogP contribution in [0.2, 0.25) is 0 Å². The summed E-state index contributed by atoms with van der Waals surface area (Å²) in [6, 6.07) is 18.7. The van der Waals surface area contributed by atoms with Crippen LogP contribution in [0.5, 0.6) is 17.2 Å². The Labute approximate surface area is 328 Å². The number of hydrogen-bond acceptors (Lipinski definition) is 9. The molecule has 0 aliphatic rings. The van der Waals surface area contributed by atoms with E-state index in [2.05, 4.69) is 13.8 Å². The minimum absolute atomic E-state index is 0.191. The van der Waals surface area contributed by atoms with Crippen molar-refractivity contribution >= 4 is 23.9 Å². The van der Waals surface area contributed by atoms with Crippen LogP contribution in [0, 0.1) is 0 Å². The molecule has 3 rings (SSSR count). The van der Waals surface area contributed by atoms with E-state index in [4.69, 9.17) is 23.7 Å². The molecule has 55 heavy (non-hydrogen) atoms. The van der Waals surface area contributed by atoms with Gasteiger partial charge in [0.05, 0.1) is 29.9 Å². The number of hydrogen-bond donors (Lipinski definition) is 0. The third-order valence-corrected chi connectivity index (χ3v) is 9.32. The number of benzene rings is 3. The molecule has 3 aromatic carbocycles. The van der Waals surface area contributed by atoms with Gasteiger partial charge >= 0.3 is 23.9 Å². The van der Waals surface area contributed by atoms with Gasteiger partial charge in [0.25, 0.3) is 0 Å². The monoisotopic (exact) mass is 758 g/mol. The summed E-state index contributed by atoms with van der Waals surface area (Å²) >= 11 is 0. The lowest BCUT2D eigenvalue weighted by molar-refractivity contribution is -0.153. The molecule has 300 valence electrons. The second kappa shape index (κ2) is 27.0. The Bertz CT molecular complexity index is 1530. The summed E-state index contributed by atoms with van der Waals surface area (Å²) in [6.45, 7) is 6.76. The quantitative estimate of drug-likeness (QED) is 0.0405. The lowest BCUT2D eigenvalue weighted by Gasteiger charge is -2.13. The van der Waals surface area contributed by atoms with Crippen molar-refractivity contribution in [2.45, 2.75) is 142 Å². The molecule has 0 aromatic heterocycles. The molecule has 0 unspecified atom stereocenters. The molecule has 0 aliphatic carbocycles. The number of unbranched alkanes of at least 4 members (excludes halogenated alkanes) is 16. The molecule has 0 amide bonds. The van der Waals surface area contributed by atoms with Crippen molar-refractivity contribution in [3.8, 4) is 17.2 Å². The number of carbonyl (C=O) groups excluding carboxylic acids is 4. The van der Waals surface area contributed by atoms with E-state index in [1.807, 2.05) is 0 Å². The molecule has 9 nitrogen and oxygen atoms in total. The SMILES string of the molecule is CCCCCCCCCCCCCCCCOc1ccc(C(=O)Oc2ccc(C(=O)Oc3ccc(C(=O)O[C@@H](C)C(=O)OCCCCCC)cc3)cc2)cc1. The van der Waals surface area contributed by atoms with Crippen molar-refractivity contribution in [1.29, 1.82) is 0 Å². The molecular formula is C46H62O9. The van der Waals surface area contributed by atoms with Crippen molar-refractivity contribution in [2.24, 2.45) is 0 Å². The molecule has 3 aromatic rings. The molecule has 9 heteroatoms. The van der Waals surface area contributed by atoms with Crippen LogP contribution in [0.4, 0.5) is 0 Å². The van der Waals surface area contributed by atoms with Gasteiger partial charge in [-0.15, -0.1) is 0 Å². The zero-order valence-corrected chi connectivity index (χ0v) is 33.3. The largest absolute Gasteiger partial charge is 0.494 e. The van der Waals surface area contributed by atoms with Crippen molar-refractivity contribution < 1.29 is 42.9 Å². The Hall–Kier alpha value is -4.66. The van der Waals surface area contributed by atoms with Gasteiger partial charge in [-0.25, -0.2) is 19.2 Å². The molecular weight excluding hydrogens is 696 g/mol. The zero-order chi connectivity index (χ0) is 39.5. The first-order chi connectivity index (χ1) is 26.8. The molecule has 0 fully saturated rings. The van der Waals surface area contributed by atoms with E-state index >= 15 is 0 Å². The number of ether oxygens (including phenoxy) is 5. The highest BCUT2D eigenvalue weighted by Gasteiger charge is 2.20. The van der Waals surface area contributed by atoms with Gasteiger partial charge in [0, 0.05) is 0 Å². The lowest BCUT2D eigenvalue weighted by Crippen LogP contribution is -2.26. The van der Waals surface area contributed by atoms with Crippen molar-refractivity contribution in [3.05, 3.63) is 89.5 Å². The van der Waals surface area contributed by atoms with E-state index in [9.17, 15) is 19.2 Å². The molecule has 0 saturated carbocycles. The molecule has 0 spiro atoms. The first-order valence-corrected chi connectivity index (χ1v) is 20.6. The molecule has 0 N–H and O–H groups in total. The Kier molecular flexibility index (Phi) is 22.0. The van der Waals surface area contributed by atoms with Gasteiger partial charge in [0.1, 0.15) is 17.2 Å². The van der Waals surface area contributed by atoms with Crippen LogP contribution in [-0.2, 0) is 14.3 Å². The van der Waals surface area contributed by atoms with Crippen LogP contribution < -0.4 is 14.2 Å². The van der Waals surface area contributed by atoms with Gasteiger partial charge in [-0.05, 0) is 92.6 Å². The maximum atomic E-state index is 12.7. The molecule has 0 bridgehead atoms. The number of esters is 4. The number of rotatable bonds is 28. The van der Waals surface area contributed by atoms with Gasteiger partial charge in [-0.2, -0.15) is 0 Å². The van der Waals surface area contributed by atoms with Crippen molar-refractivity contribution in [1.82, 2.24) is 0 Å². The van der Waals surface area contributed by atoms with E-state index in [0.717, 1.165) is 38.5 Å². The van der Waals surface area contributed by atoms with E-state index in [-0.39, 0.29) is 22.6 Å². The first kappa shape index (κ1) is 44.7. The summed E-state index contributed by atoms with van der Waals surface area (Å²) in [5, 5.41) is 0. The molecule has 1 atom stereocenters. The normalized spacial score (nSPS) is 11.4. The fourth-order valence-electron chi connectivity index (χ4n) is 5.92. The maximum Gasteiger partial charge on any atom is 0.347 e. The first-order valence-electron chi connectivity index (χ1n) is 20.6. The molecule has 0 radical (unpaired) electrons. The van der Waals surface area contributed by atoms with Gasteiger partial charge < -0.3 is 23.7 Å². The maximum absolute atomic E-state index is 12.7. The van der Waals surface area contributed by atoms with Crippen molar-refractivity contribution in [3.63, 3.8) is 0 Å². The highest BCUT2D eigenvalue weighted by atomic mass is 16.6. The predicted octanol–water partition coefficient (Wildman–Crippen LogP) is 11.7. The second-order valence-corrected chi connectivity index (χ2v) is 14.1. The minimum atomic E-state index is -1.05. The smallest absolute Gasteiger partial charge is 0.347 e. The summed E-state index contributed by atoms with van der Waals surface area (Å²) in [5.74, 6) is -1.25. The standard InChI is InChI=1S/C46H62O9/c1-4-6-8-10-11-12-13-14-15-16-17-18-19-21-34-51-40-28-22-38(23-29-40)45(49)54-42-32-26-39(27-33-42)46(50)55-41-30-24-37(25-31-41)44(48)53-36(3)43(47)52-35-20-9-7-5-2/h22-33,36H,4-21,34-35H2,1-3H3/t36-/m0/s1. The average Bonchev–Trinajstić information content (AvgIpc) is 3.19. The topological polar surface area (TPSA) is 114 Å². The van der Waals surface area contributed by atoms with Crippen LogP contribution in [0.15, 0.2) is 72.8 Å².